The summed E-state index contributed by atoms with van der Waals surface area (Å²) in [4.78, 5) is 7.68. The highest BCUT2D eigenvalue weighted by Crippen LogP contribution is 2.18. The van der Waals surface area contributed by atoms with Crippen LogP contribution in [0.3, 0.4) is 0 Å². The fourth-order valence-corrected chi connectivity index (χ4v) is 2.58. The van der Waals surface area contributed by atoms with Crippen molar-refractivity contribution in [1.29, 1.82) is 0 Å². The molecule has 0 aliphatic heterocycles. The first-order chi connectivity index (χ1) is 10.4. The Morgan fingerprint density at radius 3 is 2.90 bits per heavy atom. The predicted molar refractivity (Wildman–Crippen MR) is 87.4 cm³/mol. The second kappa shape index (κ2) is 4.94. The van der Waals surface area contributed by atoms with E-state index in [4.69, 9.17) is 0 Å². The minimum absolute atomic E-state index is 0.793. The van der Waals surface area contributed by atoms with Gasteiger partial charge in [0.05, 0.1) is 17.4 Å². The molecule has 4 rings (SSSR count). The standard InChI is InChI=1S/C18H15N3/c1-2-4-17-14(3-1)10-16(12-21-17)20-11-13-5-6-18-15(9-13)7-8-19-18/h1-10,12,19-20H,11H2. The number of H-pyrrole nitrogens is 1. The van der Waals surface area contributed by atoms with Gasteiger partial charge in [0.1, 0.15) is 0 Å². The van der Waals surface area contributed by atoms with Crippen LogP contribution in [0.25, 0.3) is 21.8 Å². The molecule has 21 heavy (non-hydrogen) atoms. The van der Waals surface area contributed by atoms with Gasteiger partial charge in [0, 0.05) is 23.6 Å². The topological polar surface area (TPSA) is 40.7 Å². The molecule has 0 spiro atoms. The van der Waals surface area contributed by atoms with Crippen molar-refractivity contribution < 1.29 is 0 Å². The number of anilines is 1. The fourth-order valence-electron chi connectivity index (χ4n) is 2.58. The van der Waals surface area contributed by atoms with Crippen LogP contribution in [0.5, 0.6) is 0 Å². The van der Waals surface area contributed by atoms with Crippen molar-refractivity contribution in [2.45, 2.75) is 6.54 Å². The van der Waals surface area contributed by atoms with Crippen molar-refractivity contribution in [3.05, 3.63) is 72.6 Å². The van der Waals surface area contributed by atoms with Crippen molar-refractivity contribution >= 4 is 27.5 Å². The number of aromatic nitrogens is 2. The first-order valence-electron chi connectivity index (χ1n) is 7.03. The molecule has 2 aromatic carbocycles. The SMILES string of the molecule is c1ccc2ncc(NCc3ccc4[nH]ccc4c3)cc2c1. The average molecular weight is 273 g/mol. The highest BCUT2D eigenvalue weighted by molar-refractivity contribution is 5.82. The highest BCUT2D eigenvalue weighted by atomic mass is 14.9. The average Bonchev–Trinajstić information content (AvgIpc) is 3.00. The summed E-state index contributed by atoms with van der Waals surface area (Å²) < 4.78 is 0. The van der Waals surface area contributed by atoms with Gasteiger partial charge in [-0.25, -0.2) is 0 Å². The monoisotopic (exact) mass is 273 g/mol. The lowest BCUT2D eigenvalue weighted by atomic mass is 10.1. The maximum Gasteiger partial charge on any atom is 0.0703 e. The van der Waals surface area contributed by atoms with Gasteiger partial charge in [0.25, 0.3) is 0 Å². The largest absolute Gasteiger partial charge is 0.380 e. The number of pyridine rings is 1. The van der Waals surface area contributed by atoms with E-state index in [1.165, 1.54) is 16.5 Å². The highest BCUT2D eigenvalue weighted by Gasteiger charge is 2.00. The Kier molecular flexibility index (Phi) is 2.82. The Bertz CT molecular complexity index is 908. The maximum absolute atomic E-state index is 4.47. The van der Waals surface area contributed by atoms with E-state index in [2.05, 4.69) is 51.7 Å². The number of nitrogens with zero attached hydrogens (tertiary/aromatic N) is 1. The molecule has 0 aliphatic rings. The molecule has 0 bridgehead atoms. The molecule has 0 aliphatic carbocycles. The van der Waals surface area contributed by atoms with Crippen LogP contribution in [0, 0.1) is 0 Å². The molecular formula is C18H15N3. The van der Waals surface area contributed by atoms with Crippen molar-refractivity contribution in [2.75, 3.05) is 5.32 Å². The number of nitrogens with one attached hydrogen (secondary N) is 2. The van der Waals surface area contributed by atoms with E-state index in [-0.39, 0.29) is 0 Å². The molecule has 0 saturated heterocycles. The predicted octanol–water partition coefficient (Wildman–Crippen LogP) is 4.33. The number of hydrogen-bond donors (Lipinski definition) is 2. The van der Waals surface area contributed by atoms with Crippen LogP contribution in [0.4, 0.5) is 5.69 Å². The van der Waals surface area contributed by atoms with Crippen LogP contribution in [0.2, 0.25) is 0 Å². The number of fused-ring (bicyclic) bond motifs is 2. The zero-order chi connectivity index (χ0) is 14.1. The molecule has 0 atom stereocenters. The Balaban J connectivity index is 1.56. The summed E-state index contributed by atoms with van der Waals surface area (Å²) in [5, 5.41) is 5.83. The van der Waals surface area contributed by atoms with E-state index in [0.29, 0.717) is 0 Å². The Morgan fingerprint density at radius 2 is 1.90 bits per heavy atom. The minimum Gasteiger partial charge on any atom is -0.380 e. The first kappa shape index (κ1) is 12.0. The van der Waals surface area contributed by atoms with E-state index in [0.717, 1.165) is 23.1 Å². The molecule has 2 N–H and O–H groups in total. The normalized spacial score (nSPS) is 11.0. The van der Waals surface area contributed by atoms with Gasteiger partial charge in [0.15, 0.2) is 0 Å². The van der Waals surface area contributed by atoms with E-state index in [1.54, 1.807) is 0 Å². The second-order valence-electron chi connectivity index (χ2n) is 5.17. The summed E-state index contributed by atoms with van der Waals surface area (Å²) in [7, 11) is 0. The van der Waals surface area contributed by atoms with Crippen molar-refractivity contribution in [3.63, 3.8) is 0 Å². The molecule has 2 heterocycles. The van der Waals surface area contributed by atoms with Crippen LogP contribution >= 0.6 is 0 Å². The molecule has 3 heteroatoms. The zero-order valence-electron chi connectivity index (χ0n) is 11.5. The van der Waals surface area contributed by atoms with E-state index >= 15 is 0 Å². The molecule has 0 unspecified atom stereocenters. The lowest BCUT2D eigenvalue weighted by molar-refractivity contribution is 1.15. The Morgan fingerprint density at radius 1 is 0.952 bits per heavy atom. The van der Waals surface area contributed by atoms with Crippen LogP contribution in [0.1, 0.15) is 5.56 Å². The quantitative estimate of drug-likeness (QED) is 0.583. The molecule has 0 radical (unpaired) electrons. The Labute approximate surface area is 122 Å². The van der Waals surface area contributed by atoms with E-state index < -0.39 is 0 Å². The van der Waals surface area contributed by atoms with Gasteiger partial charge in [-0.2, -0.15) is 0 Å². The summed E-state index contributed by atoms with van der Waals surface area (Å²) in [5.41, 5.74) is 4.50. The number of hydrogen-bond acceptors (Lipinski definition) is 2. The van der Waals surface area contributed by atoms with E-state index in [1.807, 2.05) is 30.6 Å². The number of para-hydroxylation sites is 1. The molecular weight excluding hydrogens is 258 g/mol. The third kappa shape index (κ3) is 2.34. The number of benzene rings is 2. The fraction of sp³-hybridized carbons (Fsp3) is 0.0556. The second-order valence-corrected chi connectivity index (χ2v) is 5.17. The molecule has 102 valence electrons. The van der Waals surface area contributed by atoms with Crippen molar-refractivity contribution in [1.82, 2.24) is 9.97 Å². The summed E-state index contributed by atoms with van der Waals surface area (Å²) >= 11 is 0. The molecule has 2 aromatic heterocycles. The lowest BCUT2D eigenvalue weighted by Gasteiger charge is -2.07. The molecule has 0 saturated carbocycles. The molecule has 3 nitrogen and oxygen atoms in total. The first-order valence-corrected chi connectivity index (χ1v) is 7.03. The van der Waals surface area contributed by atoms with Crippen LogP contribution < -0.4 is 5.32 Å². The molecule has 4 aromatic rings. The Hall–Kier alpha value is -2.81. The van der Waals surface area contributed by atoms with Gasteiger partial charge in [-0.15, -0.1) is 0 Å². The van der Waals surface area contributed by atoms with Gasteiger partial charge >= 0.3 is 0 Å². The molecule has 0 fully saturated rings. The number of aromatic amines is 1. The summed E-state index contributed by atoms with van der Waals surface area (Å²) in [6.07, 6.45) is 3.85. The third-order valence-electron chi connectivity index (χ3n) is 3.70. The zero-order valence-corrected chi connectivity index (χ0v) is 11.5. The summed E-state index contributed by atoms with van der Waals surface area (Å²) in [5.74, 6) is 0. The van der Waals surface area contributed by atoms with Crippen LogP contribution in [0.15, 0.2) is 67.0 Å². The van der Waals surface area contributed by atoms with Crippen molar-refractivity contribution in [3.8, 4) is 0 Å². The smallest absolute Gasteiger partial charge is 0.0703 e. The van der Waals surface area contributed by atoms with Gasteiger partial charge < -0.3 is 10.3 Å². The van der Waals surface area contributed by atoms with Gasteiger partial charge in [-0.05, 0) is 41.3 Å². The molecule has 0 amide bonds. The number of rotatable bonds is 3. The van der Waals surface area contributed by atoms with Crippen LogP contribution in [-0.4, -0.2) is 9.97 Å². The summed E-state index contributed by atoms with van der Waals surface area (Å²) in [6, 6.07) is 18.8. The van der Waals surface area contributed by atoms with Crippen LogP contribution in [-0.2, 0) is 6.54 Å². The summed E-state index contributed by atoms with van der Waals surface area (Å²) in [6.45, 7) is 0.793. The third-order valence-corrected chi connectivity index (χ3v) is 3.70. The van der Waals surface area contributed by atoms with Gasteiger partial charge in [0.2, 0.25) is 0 Å². The van der Waals surface area contributed by atoms with Gasteiger partial charge in [-0.1, -0.05) is 24.3 Å². The minimum atomic E-state index is 0.793. The van der Waals surface area contributed by atoms with Gasteiger partial charge in [-0.3, -0.25) is 4.98 Å². The lowest BCUT2D eigenvalue weighted by Crippen LogP contribution is -1.99. The van der Waals surface area contributed by atoms with Crippen molar-refractivity contribution in [2.24, 2.45) is 0 Å². The maximum atomic E-state index is 4.47. The van der Waals surface area contributed by atoms with E-state index in [9.17, 15) is 0 Å².